The van der Waals surface area contributed by atoms with E-state index >= 15 is 0 Å². The van der Waals surface area contributed by atoms with Gasteiger partial charge < -0.3 is 10.2 Å². The molecule has 0 unspecified atom stereocenters. The maximum Gasteiger partial charge on any atom is 0.252 e. The van der Waals surface area contributed by atoms with Crippen LogP contribution in [0, 0.1) is 5.82 Å². The Morgan fingerprint density at radius 2 is 2.19 bits per heavy atom. The number of carbonyl (C=O) groups is 2. The Labute approximate surface area is 119 Å². The van der Waals surface area contributed by atoms with Crippen molar-refractivity contribution in [3.8, 4) is 0 Å². The smallest absolute Gasteiger partial charge is 0.252 e. The van der Waals surface area contributed by atoms with Crippen LogP contribution in [0.5, 0.6) is 0 Å². The highest BCUT2D eigenvalue weighted by Crippen LogP contribution is 2.37. The number of carbonyl (C=O) groups excluding carboxylic acids is 2. The number of aromatic nitrogens is 1. The molecule has 2 rings (SSSR count). The van der Waals surface area contributed by atoms with E-state index in [1.165, 1.54) is 13.1 Å². The molecule has 0 radical (unpaired) electrons. The van der Waals surface area contributed by atoms with E-state index in [0.717, 1.165) is 17.2 Å². The van der Waals surface area contributed by atoms with Crippen molar-refractivity contribution in [3.63, 3.8) is 0 Å². The van der Waals surface area contributed by atoms with Crippen LogP contribution in [0.15, 0.2) is 18.5 Å². The van der Waals surface area contributed by atoms with Crippen molar-refractivity contribution in [2.75, 3.05) is 4.90 Å². The predicted molar refractivity (Wildman–Crippen MR) is 68.3 cm³/mol. The minimum atomic E-state index is -2.74. The molecule has 0 spiro atoms. The lowest BCUT2D eigenvalue weighted by atomic mass is 9.88. The van der Waals surface area contributed by atoms with Gasteiger partial charge in [-0.1, -0.05) is 0 Å². The summed E-state index contributed by atoms with van der Waals surface area (Å²) in [5.74, 6) is -3.96. The highest BCUT2D eigenvalue weighted by molar-refractivity contribution is 5.91. The molecule has 8 heteroatoms. The van der Waals surface area contributed by atoms with E-state index in [4.69, 9.17) is 0 Å². The Hall–Kier alpha value is -2.12. The van der Waals surface area contributed by atoms with E-state index < -0.39 is 42.6 Å². The van der Waals surface area contributed by atoms with Crippen LogP contribution in [0.25, 0.3) is 0 Å². The number of amides is 2. The average Bonchev–Trinajstić information content (AvgIpc) is 2.37. The SMILES string of the molecule is C[C@@H](C(=O)NC1CC(F)(F)C1)N(C=O)c1cncc(F)c1. The summed E-state index contributed by atoms with van der Waals surface area (Å²) in [6, 6.07) is -0.503. The normalized spacial score (nSPS) is 18.5. The number of anilines is 1. The largest absolute Gasteiger partial charge is 0.351 e. The second-order valence-corrected chi connectivity index (χ2v) is 5.02. The van der Waals surface area contributed by atoms with Gasteiger partial charge in [-0.2, -0.15) is 0 Å². The number of halogens is 3. The topological polar surface area (TPSA) is 62.3 Å². The van der Waals surface area contributed by atoms with Gasteiger partial charge in [0.05, 0.1) is 18.1 Å². The molecule has 0 bridgehead atoms. The van der Waals surface area contributed by atoms with Gasteiger partial charge >= 0.3 is 0 Å². The summed E-state index contributed by atoms with van der Waals surface area (Å²) in [6.45, 7) is 1.42. The molecule has 114 valence electrons. The molecule has 21 heavy (non-hydrogen) atoms. The number of hydrogen-bond donors (Lipinski definition) is 1. The minimum absolute atomic E-state index is 0.117. The molecule has 1 saturated carbocycles. The van der Waals surface area contributed by atoms with E-state index in [9.17, 15) is 22.8 Å². The second kappa shape index (κ2) is 5.71. The number of hydrogen-bond acceptors (Lipinski definition) is 3. The fourth-order valence-corrected chi connectivity index (χ4v) is 2.13. The molecule has 1 aromatic rings. The summed E-state index contributed by atoms with van der Waals surface area (Å²) in [7, 11) is 0. The van der Waals surface area contributed by atoms with Crippen LogP contribution in [-0.4, -0.2) is 35.3 Å². The predicted octanol–water partition coefficient (Wildman–Crippen LogP) is 1.49. The van der Waals surface area contributed by atoms with Gasteiger partial charge in [0, 0.05) is 24.9 Å². The molecule has 0 aliphatic heterocycles. The molecule has 1 aliphatic carbocycles. The molecule has 1 aromatic heterocycles. The fourth-order valence-electron chi connectivity index (χ4n) is 2.13. The van der Waals surface area contributed by atoms with Crippen molar-refractivity contribution in [1.82, 2.24) is 10.3 Å². The fraction of sp³-hybridized carbons (Fsp3) is 0.462. The van der Waals surface area contributed by atoms with Crippen LogP contribution in [0.1, 0.15) is 19.8 Å². The standard InChI is InChI=1S/C13H14F3N3O2/c1-8(12(21)18-10-3-13(15,16)4-10)19(7-20)11-2-9(14)5-17-6-11/h2,5-8,10H,3-4H2,1H3,(H,18,21)/t8-/m0/s1. The van der Waals surface area contributed by atoms with E-state index in [1.54, 1.807) is 0 Å². The lowest BCUT2D eigenvalue weighted by Crippen LogP contribution is -2.55. The monoisotopic (exact) mass is 301 g/mol. The van der Waals surface area contributed by atoms with Crippen molar-refractivity contribution in [3.05, 3.63) is 24.3 Å². The summed E-state index contributed by atoms with van der Waals surface area (Å²) < 4.78 is 38.5. The average molecular weight is 301 g/mol. The Balaban J connectivity index is 2.01. The summed E-state index contributed by atoms with van der Waals surface area (Å²) in [5, 5.41) is 2.44. The van der Waals surface area contributed by atoms with Crippen LogP contribution in [0.4, 0.5) is 18.9 Å². The number of alkyl halides is 2. The van der Waals surface area contributed by atoms with Crippen LogP contribution >= 0.6 is 0 Å². The Bertz CT molecular complexity index is 545. The van der Waals surface area contributed by atoms with E-state index in [1.807, 2.05) is 0 Å². The Morgan fingerprint density at radius 3 is 2.71 bits per heavy atom. The van der Waals surface area contributed by atoms with Gasteiger partial charge in [0.2, 0.25) is 12.3 Å². The van der Waals surface area contributed by atoms with E-state index in [2.05, 4.69) is 10.3 Å². The second-order valence-electron chi connectivity index (χ2n) is 5.02. The van der Waals surface area contributed by atoms with E-state index in [-0.39, 0.29) is 5.69 Å². The van der Waals surface area contributed by atoms with Gasteiger partial charge in [0.15, 0.2) is 0 Å². The van der Waals surface area contributed by atoms with Crippen LogP contribution in [0.2, 0.25) is 0 Å². The first-order valence-corrected chi connectivity index (χ1v) is 6.35. The van der Waals surface area contributed by atoms with Crippen molar-refractivity contribution in [2.24, 2.45) is 0 Å². The van der Waals surface area contributed by atoms with Gasteiger partial charge in [0.1, 0.15) is 11.9 Å². The van der Waals surface area contributed by atoms with Crippen molar-refractivity contribution in [2.45, 2.75) is 37.8 Å². The summed E-state index contributed by atoms with van der Waals surface area (Å²) in [5.41, 5.74) is 0.117. The molecule has 1 aliphatic rings. The van der Waals surface area contributed by atoms with Gasteiger partial charge in [-0.15, -0.1) is 0 Å². The minimum Gasteiger partial charge on any atom is -0.351 e. The lowest BCUT2D eigenvalue weighted by Gasteiger charge is -2.36. The molecule has 0 saturated heterocycles. The molecule has 1 N–H and O–H groups in total. The quantitative estimate of drug-likeness (QED) is 0.838. The molecular weight excluding hydrogens is 287 g/mol. The van der Waals surface area contributed by atoms with Crippen LogP contribution in [0.3, 0.4) is 0 Å². The zero-order valence-corrected chi connectivity index (χ0v) is 11.2. The highest BCUT2D eigenvalue weighted by atomic mass is 19.3. The molecule has 1 heterocycles. The Kier molecular flexibility index (Phi) is 4.15. The maximum absolute atomic E-state index is 13.1. The zero-order chi connectivity index (χ0) is 15.6. The van der Waals surface area contributed by atoms with Crippen LogP contribution in [-0.2, 0) is 9.59 Å². The third kappa shape index (κ3) is 3.50. The van der Waals surface area contributed by atoms with Crippen molar-refractivity contribution in [1.29, 1.82) is 0 Å². The highest BCUT2D eigenvalue weighted by Gasteiger charge is 2.46. The van der Waals surface area contributed by atoms with Crippen molar-refractivity contribution >= 4 is 18.0 Å². The number of rotatable bonds is 5. The molecule has 5 nitrogen and oxygen atoms in total. The van der Waals surface area contributed by atoms with E-state index in [0.29, 0.717) is 6.41 Å². The number of nitrogens with one attached hydrogen (secondary N) is 1. The third-order valence-electron chi connectivity index (χ3n) is 3.34. The summed E-state index contributed by atoms with van der Waals surface area (Å²) in [6.07, 6.45) is 1.75. The van der Waals surface area contributed by atoms with Gasteiger partial charge in [0.25, 0.3) is 5.92 Å². The molecule has 0 aromatic carbocycles. The van der Waals surface area contributed by atoms with Gasteiger partial charge in [-0.05, 0) is 6.92 Å². The first kappa shape index (κ1) is 15.3. The first-order chi connectivity index (χ1) is 9.82. The first-order valence-electron chi connectivity index (χ1n) is 6.35. The van der Waals surface area contributed by atoms with Crippen molar-refractivity contribution < 1.29 is 22.8 Å². The molecular formula is C13H14F3N3O2. The maximum atomic E-state index is 13.1. The number of nitrogens with zero attached hydrogens (tertiary/aromatic N) is 2. The lowest BCUT2D eigenvalue weighted by molar-refractivity contribution is -0.131. The third-order valence-corrected chi connectivity index (χ3v) is 3.34. The molecule has 1 fully saturated rings. The molecule has 2 amide bonds. The summed E-state index contributed by atoms with van der Waals surface area (Å²) >= 11 is 0. The number of pyridine rings is 1. The van der Waals surface area contributed by atoms with Gasteiger partial charge in [-0.3, -0.25) is 14.6 Å². The van der Waals surface area contributed by atoms with Gasteiger partial charge in [-0.25, -0.2) is 13.2 Å². The Morgan fingerprint density at radius 1 is 1.52 bits per heavy atom. The zero-order valence-electron chi connectivity index (χ0n) is 11.2. The van der Waals surface area contributed by atoms with Crippen LogP contribution < -0.4 is 10.2 Å². The molecule has 1 atom stereocenters. The summed E-state index contributed by atoms with van der Waals surface area (Å²) in [4.78, 5) is 27.6.